The van der Waals surface area contributed by atoms with Crippen molar-refractivity contribution in [2.75, 3.05) is 37.6 Å². The number of carbonyl (C=O) groups excluding carboxylic acids is 5. The SMILES string of the molecule is [C-]#[N+]c1ccc(OC2C(C)(C)C(NC(=O)c3c(F)cc(CCN4CCN(c5ccc6c(c5)C(=O)N(C5CCC(=O)NC5=O)C6=O)CC4)cc3F)C2(C)C)cc1Cl. The number of rotatable bonds is 9. The van der Waals surface area contributed by atoms with Crippen molar-refractivity contribution in [3.8, 4) is 5.75 Å². The number of carbonyl (C=O) groups is 5. The van der Waals surface area contributed by atoms with E-state index < -0.39 is 69.6 Å². The first-order chi connectivity index (χ1) is 26.5. The van der Waals surface area contributed by atoms with Gasteiger partial charge in [-0.1, -0.05) is 45.4 Å². The summed E-state index contributed by atoms with van der Waals surface area (Å²) >= 11 is 6.20. The molecule has 7 rings (SSSR count). The molecule has 12 nitrogen and oxygen atoms in total. The molecule has 3 aromatic carbocycles. The summed E-state index contributed by atoms with van der Waals surface area (Å²) < 4.78 is 37.1. The summed E-state index contributed by atoms with van der Waals surface area (Å²) in [7, 11) is 0. The molecule has 1 aliphatic carbocycles. The first kappa shape index (κ1) is 38.9. The fraction of sp³-hybridized carbons (Fsp3) is 0.415. The van der Waals surface area contributed by atoms with Crippen molar-refractivity contribution >= 4 is 52.5 Å². The fourth-order valence-corrected chi connectivity index (χ4v) is 9.16. The molecule has 3 heterocycles. The molecular formula is C41H41ClF2N6O6. The van der Waals surface area contributed by atoms with Crippen LogP contribution in [0.2, 0.25) is 5.02 Å². The number of anilines is 1. The van der Waals surface area contributed by atoms with Gasteiger partial charge in [0.1, 0.15) is 35.1 Å². The number of piperidine rings is 1. The van der Waals surface area contributed by atoms with Crippen molar-refractivity contribution in [2.24, 2.45) is 10.8 Å². The summed E-state index contributed by atoms with van der Waals surface area (Å²) in [6.07, 6.45) is 0.0976. The topological polar surface area (TPSA) is 133 Å². The summed E-state index contributed by atoms with van der Waals surface area (Å²) in [5.41, 5.74) is 0.0334. The molecule has 0 aromatic heterocycles. The first-order valence-electron chi connectivity index (χ1n) is 18.5. The van der Waals surface area contributed by atoms with Gasteiger partial charge in [-0.25, -0.2) is 13.6 Å². The zero-order valence-corrected chi connectivity index (χ0v) is 32.1. The van der Waals surface area contributed by atoms with Crippen LogP contribution in [0.25, 0.3) is 4.85 Å². The monoisotopic (exact) mass is 786 g/mol. The number of hydrogen-bond acceptors (Lipinski definition) is 8. The van der Waals surface area contributed by atoms with Gasteiger partial charge in [0.15, 0.2) is 0 Å². The van der Waals surface area contributed by atoms with Crippen LogP contribution in [0.5, 0.6) is 5.75 Å². The van der Waals surface area contributed by atoms with E-state index >= 15 is 8.78 Å². The Kier molecular flexibility index (Phi) is 10.1. The second kappa shape index (κ2) is 14.6. The van der Waals surface area contributed by atoms with Crippen LogP contribution in [0.15, 0.2) is 48.5 Å². The van der Waals surface area contributed by atoms with E-state index in [0.717, 1.165) is 10.6 Å². The number of fused-ring (bicyclic) bond motifs is 1. The van der Waals surface area contributed by atoms with Crippen molar-refractivity contribution in [1.29, 1.82) is 0 Å². The molecule has 3 aromatic rings. The smallest absolute Gasteiger partial charge is 0.262 e. The molecule has 1 unspecified atom stereocenters. The average Bonchev–Trinajstić information content (AvgIpc) is 3.39. The summed E-state index contributed by atoms with van der Waals surface area (Å²) in [5.74, 6) is -4.48. The maximum atomic E-state index is 15.4. The van der Waals surface area contributed by atoms with E-state index in [9.17, 15) is 24.0 Å². The largest absolute Gasteiger partial charge is 0.489 e. The van der Waals surface area contributed by atoms with Gasteiger partial charge in [0.05, 0.1) is 22.7 Å². The Morgan fingerprint density at radius 1 is 0.946 bits per heavy atom. The Bertz CT molecular complexity index is 2170. The predicted molar refractivity (Wildman–Crippen MR) is 203 cm³/mol. The Balaban J connectivity index is 0.928. The van der Waals surface area contributed by atoms with Crippen LogP contribution in [-0.4, -0.2) is 90.2 Å². The lowest BCUT2D eigenvalue weighted by molar-refractivity contribution is -0.164. The van der Waals surface area contributed by atoms with Crippen molar-refractivity contribution in [2.45, 2.75) is 65.1 Å². The minimum absolute atomic E-state index is 0.0438. The summed E-state index contributed by atoms with van der Waals surface area (Å²) in [6, 6.07) is 10.7. The highest BCUT2D eigenvalue weighted by atomic mass is 35.5. The number of benzene rings is 3. The lowest BCUT2D eigenvalue weighted by Crippen LogP contribution is -2.74. The van der Waals surface area contributed by atoms with Gasteiger partial charge in [-0.15, -0.1) is 0 Å². The summed E-state index contributed by atoms with van der Waals surface area (Å²) in [6.45, 7) is 17.8. The molecular weight excluding hydrogens is 746 g/mol. The molecule has 1 atom stereocenters. The molecule has 0 spiro atoms. The van der Waals surface area contributed by atoms with E-state index in [1.165, 1.54) is 12.1 Å². The number of imide groups is 2. The molecule has 3 aliphatic heterocycles. The van der Waals surface area contributed by atoms with E-state index in [-0.39, 0.29) is 35.1 Å². The normalized spacial score (nSPS) is 22.9. The predicted octanol–water partition coefficient (Wildman–Crippen LogP) is 5.55. The molecule has 292 valence electrons. The third-order valence-corrected chi connectivity index (χ3v) is 11.9. The Labute approximate surface area is 327 Å². The molecule has 0 bridgehead atoms. The van der Waals surface area contributed by atoms with E-state index in [4.69, 9.17) is 22.9 Å². The number of hydrogen-bond donors (Lipinski definition) is 2. The molecule has 2 saturated heterocycles. The molecule has 3 fully saturated rings. The molecule has 15 heteroatoms. The maximum Gasteiger partial charge on any atom is 0.262 e. The van der Waals surface area contributed by atoms with Crippen molar-refractivity contribution in [3.05, 3.63) is 98.9 Å². The highest BCUT2D eigenvalue weighted by Crippen LogP contribution is 2.56. The second-order valence-corrected chi connectivity index (χ2v) is 16.4. The number of nitrogens with one attached hydrogen (secondary N) is 2. The fourth-order valence-electron chi connectivity index (χ4n) is 8.95. The summed E-state index contributed by atoms with van der Waals surface area (Å²) in [5, 5.41) is 5.32. The first-order valence-corrected chi connectivity index (χ1v) is 18.8. The van der Waals surface area contributed by atoms with E-state index in [1.807, 2.05) is 27.7 Å². The molecule has 5 amide bonds. The van der Waals surface area contributed by atoms with E-state index in [0.29, 0.717) is 56.1 Å². The van der Waals surface area contributed by atoms with Crippen LogP contribution in [0.3, 0.4) is 0 Å². The van der Waals surface area contributed by atoms with Gasteiger partial charge < -0.3 is 15.0 Å². The highest BCUT2D eigenvalue weighted by Gasteiger charge is 2.64. The zero-order chi connectivity index (χ0) is 40.3. The van der Waals surface area contributed by atoms with Gasteiger partial charge in [-0.2, -0.15) is 0 Å². The third kappa shape index (κ3) is 6.87. The average molecular weight is 787 g/mol. The maximum absolute atomic E-state index is 15.4. The number of ether oxygens (including phenoxy) is 1. The quantitative estimate of drug-likeness (QED) is 0.214. The number of piperazine rings is 1. The Morgan fingerprint density at radius 3 is 2.23 bits per heavy atom. The lowest BCUT2D eigenvalue weighted by Gasteiger charge is -2.63. The molecule has 56 heavy (non-hydrogen) atoms. The highest BCUT2D eigenvalue weighted by molar-refractivity contribution is 6.33. The number of amides is 5. The van der Waals surface area contributed by atoms with Crippen LogP contribution < -0.4 is 20.3 Å². The third-order valence-electron chi connectivity index (χ3n) is 11.6. The minimum Gasteiger partial charge on any atom is -0.489 e. The molecule has 2 N–H and O–H groups in total. The van der Waals surface area contributed by atoms with Crippen LogP contribution >= 0.6 is 11.6 Å². The van der Waals surface area contributed by atoms with Crippen LogP contribution in [0.4, 0.5) is 20.2 Å². The van der Waals surface area contributed by atoms with Crippen LogP contribution in [0, 0.1) is 29.0 Å². The number of halogens is 3. The van der Waals surface area contributed by atoms with Gasteiger partial charge in [-0.3, -0.25) is 39.1 Å². The molecule has 1 saturated carbocycles. The zero-order valence-electron chi connectivity index (χ0n) is 31.4. The molecule has 4 aliphatic rings. The van der Waals surface area contributed by atoms with Crippen molar-refractivity contribution < 1.29 is 37.5 Å². The molecule has 0 radical (unpaired) electrons. The standard InChI is InChI=1S/C41H41ClF2N6O6/c1-40(2)38(41(3,4)39(40)56-24-7-9-30(45-5)27(42)21-24)47-35(53)33-28(43)18-22(19-29(33)44)12-13-48-14-16-49(17-15-48)23-6-8-25-26(20-23)37(55)50(36(25)54)31-10-11-32(51)46-34(31)52/h6-9,18-21,31,38-39H,10-17H2,1-4H3,(H,47,53)(H,46,51,52). The Morgan fingerprint density at radius 2 is 1.61 bits per heavy atom. The van der Waals surface area contributed by atoms with Gasteiger partial charge >= 0.3 is 0 Å². The van der Waals surface area contributed by atoms with E-state index in [2.05, 4.69) is 25.3 Å². The van der Waals surface area contributed by atoms with Crippen molar-refractivity contribution in [3.63, 3.8) is 0 Å². The second-order valence-electron chi connectivity index (χ2n) is 16.0. The van der Waals surface area contributed by atoms with Gasteiger partial charge in [0.2, 0.25) is 17.5 Å². The van der Waals surface area contributed by atoms with Gasteiger partial charge in [0.25, 0.3) is 17.7 Å². The van der Waals surface area contributed by atoms with E-state index in [1.54, 1.807) is 36.4 Å². The lowest BCUT2D eigenvalue weighted by atomic mass is 9.49. The van der Waals surface area contributed by atoms with Crippen molar-refractivity contribution in [1.82, 2.24) is 20.4 Å². The Hall–Kier alpha value is -5.39. The van der Waals surface area contributed by atoms with Gasteiger partial charge in [-0.05, 0) is 60.9 Å². The number of nitrogens with zero attached hydrogens (tertiary/aromatic N) is 4. The van der Waals surface area contributed by atoms with Gasteiger partial charge in [0, 0.05) is 61.7 Å². The van der Waals surface area contributed by atoms with Crippen LogP contribution in [0.1, 0.15) is 77.2 Å². The van der Waals surface area contributed by atoms with Crippen LogP contribution in [-0.2, 0) is 16.0 Å². The summed E-state index contributed by atoms with van der Waals surface area (Å²) in [4.78, 5) is 72.3. The minimum atomic E-state index is -1.03.